The first-order valence-corrected chi connectivity index (χ1v) is 8.82. The van der Waals surface area contributed by atoms with Crippen molar-refractivity contribution in [1.29, 1.82) is 5.26 Å². The molecule has 2 atom stereocenters. The molecule has 2 amide bonds. The summed E-state index contributed by atoms with van der Waals surface area (Å²) < 4.78 is 13.1. The summed E-state index contributed by atoms with van der Waals surface area (Å²) >= 11 is 0. The molecule has 7 nitrogen and oxygen atoms in total. The van der Waals surface area contributed by atoms with Gasteiger partial charge in [0.1, 0.15) is 17.9 Å². The first-order chi connectivity index (χ1) is 13.8. The smallest absolute Gasteiger partial charge is 0.326 e. The molecule has 0 saturated carbocycles. The average Bonchev–Trinajstić information content (AvgIpc) is 2.68. The van der Waals surface area contributed by atoms with E-state index < -0.39 is 35.7 Å². The number of carbonyl (C=O) groups is 3. The Morgan fingerprint density at radius 2 is 1.69 bits per heavy atom. The summed E-state index contributed by atoms with van der Waals surface area (Å²) in [5.74, 6) is -2.81. The Hall–Kier alpha value is -3.73. The highest BCUT2D eigenvalue weighted by Gasteiger charge is 2.26. The Labute approximate surface area is 167 Å². The van der Waals surface area contributed by atoms with Gasteiger partial charge in [0.2, 0.25) is 11.8 Å². The molecule has 0 heterocycles. The van der Waals surface area contributed by atoms with Gasteiger partial charge in [0, 0.05) is 19.8 Å². The van der Waals surface area contributed by atoms with E-state index in [-0.39, 0.29) is 12.8 Å². The molecule has 0 spiro atoms. The van der Waals surface area contributed by atoms with Crippen LogP contribution < -0.4 is 10.6 Å². The van der Waals surface area contributed by atoms with E-state index in [0.29, 0.717) is 16.7 Å². The van der Waals surface area contributed by atoms with Crippen molar-refractivity contribution in [3.05, 3.63) is 71.0 Å². The lowest BCUT2D eigenvalue weighted by Crippen LogP contribution is -2.52. The summed E-state index contributed by atoms with van der Waals surface area (Å²) in [5.41, 5.74) is 1.56. The van der Waals surface area contributed by atoms with Gasteiger partial charge in [-0.25, -0.2) is 9.18 Å². The Bertz CT molecular complexity index is 938. The number of rotatable bonds is 8. The quantitative estimate of drug-likeness (QED) is 0.624. The van der Waals surface area contributed by atoms with Crippen molar-refractivity contribution in [2.45, 2.75) is 31.8 Å². The lowest BCUT2D eigenvalue weighted by molar-refractivity contribution is -0.142. The van der Waals surface area contributed by atoms with Crippen molar-refractivity contribution < 1.29 is 23.9 Å². The van der Waals surface area contributed by atoms with E-state index in [2.05, 4.69) is 10.6 Å². The second-order valence-corrected chi connectivity index (χ2v) is 6.50. The molecule has 0 aromatic heterocycles. The number of aliphatic carboxylic acids is 1. The van der Waals surface area contributed by atoms with Crippen LogP contribution >= 0.6 is 0 Å². The molecule has 150 valence electrons. The minimum absolute atomic E-state index is 0.0278. The molecular formula is C21H20FN3O4. The number of carboxylic acids is 1. The lowest BCUT2D eigenvalue weighted by atomic mass is 10.0. The highest BCUT2D eigenvalue weighted by atomic mass is 19.1. The molecule has 0 bridgehead atoms. The van der Waals surface area contributed by atoms with Gasteiger partial charge in [-0.15, -0.1) is 0 Å². The van der Waals surface area contributed by atoms with E-state index in [9.17, 15) is 23.9 Å². The Morgan fingerprint density at radius 1 is 1.03 bits per heavy atom. The predicted octanol–water partition coefficient (Wildman–Crippen LogP) is 1.56. The summed E-state index contributed by atoms with van der Waals surface area (Å²) in [7, 11) is 0. The number of halogens is 1. The summed E-state index contributed by atoms with van der Waals surface area (Å²) in [4.78, 5) is 35.8. The number of benzene rings is 2. The number of hydrogen-bond donors (Lipinski definition) is 3. The van der Waals surface area contributed by atoms with Gasteiger partial charge in [0.05, 0.1) is 11.6 Å². The number of nitriles is 1. The Kier molecular flexibility index (Phi) is 7.43. The van der Waals surface area contributed by atoms with Crippen LogP contribution in [0.25, 0.3) is 0 Å². The van der Waals surface area contributed by atoms with E-state index in [0.717, 1.165) is 0 Å². The Balaban J connectivity index is 2.14. The summed E-state index contributed by atoms with van der Waals surface area (Å²) in [5, 5.41) is 23.4. The minimum Gasteiger partial charge on any atom is -0.480 e. The maximum absolute atomic E-state index is 13.1. The third kappa shape index (κ3) is 6.74. The van der Waals surface area contributed by atoms with Crippen molar-refractivity contribution in [2.75, 3.05) is 0 Å². The monoisotopic (exact) mass is 397 g/mol. The maximum atomic E-state index is 13.1. The topological polar surface area (TPSA) is 119 Å². The number of carbonyl (C=O) groups excluding carboxylic acids is 2. The maximum Gasteiger partial charge on any atom is 0.326 e. The number of hydrogen-bond acceptors (Lipinski definition) is 4. The molecule has 2 aromatic carbocycles. The second-order valence-electron chi connectivity index (χ2n) is 6.50. The normalized spacial score (nSPS) is 12.3. The van der Waals surface area contributed by atoms with Gasteiger partial charge in [-0.1, -0.05) is 24.3 Å². The minimum atomic E-state index is -1.25. The highest BCUT2D eigenvalue weighted by Crippen LogP contribution is 2.10. The lowest BCUT2D eigenvalue weighted by Gasteiger charge is -2.21. The summed E-state index contributed by atoms with van der Waals surface area (Å²) in [6.07, 6.45) is 0.0435. The average molecular weight is 397 g/mol. The van der Waals surface area contributed by atoms with Crippen LogP contribution in [-0.4, -0.2) is 35.0 Å². The fourth-order valence-corrected chi connectivity index (χ4v) is 2.79. The molecular weight excluding hydrogens is 377 g/mol. The SMILES string of the molecule is CC(=O)N[C@H](Cc1ccc(F)cc1)C(=O)N[C@H](Cc1cccc(C#N)c1)C(=O)O. The van der Waals surface area contributed by atoms with E-state index in [4.69, 9.17) is 5.26 Å². The predicted molar refractivity (Wildman–Crippen MR) is 102 cm³/mol. The van der Waals surface area contributed by atoms with Crippen molar-refractivity contribution in [2.24, 2.45) is 0 Å². The van der Waals surface area contributed by atoms with Crippen molar-refractivity contribution in [1.82, 2.24) is 10.6 Å². The third-order valence-corrected chi connectivity index (χ3v) is 4.16. The molecule has 0 fully saturated rings. The summed E-state index contributed by atoms with van der Waals surface area (Å²) in [6.45, 7) is 1.24. The van der Waals surface area contributed by atoms with Crippen molar-refractivity contribution in [3.63, 3.8) is 0 Å². The zero-order chi connectivity index (χ0) is 21.4. The van der Waals surface area contributed by atoms with E-state index >= 15 is 0 Å². The van der Waals surface area contributed by atoms with E-state index in [1.807, 2.05) is 6.07 Å². The first-order valence-electron chi connectivity index (χ1n) is 8.82. The van der Waals surface area contributed by atoms with Gasteiger partial charge in [0.25, 0.3) is 0 Å². The van der Waals surface area contributed by atoms with Crippen LogP contribution in [0.3, 0.4) is 0 Å². The zero-order valence-electron chi connectivity index (χ0n) is 15.7. The molecule has 0 unspecified atom stereocenters. The molecule has 29 heavy (non-hydrogen) atoms. The molecule has 0 aliphatic heterocycles. The van der Waals surface area contributed by atoms with Crippen LogP contribution in [0.4, 0.5) is 4.39 Å². The van der Waals surface area contributed by atoms with Crippen LogP contribution in [0.1, 0.15) is 23.6 Å². The molecule has 0 radical (unpaired) electrons. The van der Waals surface area contributed by atoms with E-state index in [1.54, 1.807) is 24.3 Å². The molecule has 0 aliphatic rings. The molecule has 8 heteroatoms. The number of carboxylic acid groups (broad SMARTS) is 1. The molecule has 0 aliphatic carbocycles. The van der Waals surface area contributed by atoms with Gasteiger partial charge < -0.3 is 15.7 Å². The van der Waals surface area contributed by atoms with Crippen LogP contribution in [-0.2, 0) is 27.2 Å². The summed E-state index contributed by atoms with van der Waals surface area (Å²) in [6, 6.07) is 11.6. The van der Waals surface area contributed by atoms with Gasteiger partial charge >= 0.3 is 5.97 Å². The van der Waals surface area contributed by atoms with E-state index in [1.165, 1.54) is 31.2 Å². The standard InChI is InChI=1S/C21H20FN3O4/c1-13(26)24-18(10-14-5-7-17(22)8-6-14)20(27)25-19(21(28)29)11-15-3-2-4-16(9-15)12-23/h2-9,18-19H,10-11H2,1H3,(H,24,26)(H,25,27)(H,28,29)/t18-,19-/m1/s1. The van der Waals surface area contributed by atoms with Crippen LogP contribution in [0.5, 0.6) is 0 Å². The van der Waals surface area contributed by atoms with Gasteiger partial charge in [-0.3, -0.25) is 9.59 Å². The number of nitrogens with one attached hydrogen (secondary N) is 2. The molecule has 3 N–H and O–H groups in total. The number of amides is 2. The molecule has 2 rings (SSSR count). The first kappa shape index (κ1) is 21.6. The van der Waals surface area contributed by atoms with Crippen molar-refractivity contribution >= 4 is 17.8 Å². The molecule has 2 aromatic rings. The fourth-order valence-electron chi connectivity index (χ4n) is 2.79. The number of nitrogens with zero attached hydrogens (tertiary/aromatic N) is 1. The third-order valence-electron chi connectivity index (χ3n) is 4.16. The highest BCUT2D eigenvalue weighted by molar-refractivity contribution is 5.90. The fraction of sp³-hybridized carbons (Fsp3) is 0.238. The van der Waals surface area contributed by atoms with Crippen LogP contribution in [0.15, 0.2) is 48.5 Å². The largest absolute Gasteiger partial charge is 0.480 e. The van der Waals surface area contributed by atoms with Crippen LogP contribution in [0.2, 0.25) is 0 Å². The van der Waals surface area contributed by atoms with Gasteiger partial charge in [0.15, 0.2) is 0 Å². The molecule has 0 saturated heterocycles. The van der Waals surface area contributed by atoms with Gasteiger partial charge in [-0.05, 0) is 35.4 Å². The van der Waals surface area contributed by atoms with Gasteiger partial charge in [-0.2, -0.15) is 5.26 Å². The zero-order valence-corrected chi connectivity index (χ0v) is 15.7. The second kappa shape index (κ2) is 9.99. The van der Waals surface area contributed by atoms with Crippen molar-refractivity contribution in [3.8, 4) is 6.07 Å². The Morgan fingerprint density at radius 3 is 2.28 bits per heavy atom. The van der Waals surface area contributed by atoms with Crippen LogP contribution in [0, 0.1) is 17.1 Å².